The summed E-state index contributed by atoms with van der Waals surface area (Å²) in [6.45, 7) is 3.09. The van der Waals surface area contributed by atoms with Crippen LogP contribution in [0.3, 0.4) is 0 Å². The molecule has 0 radical (unpaired) electrons. The van der Waals surface area contributed by atoms with Gasteiger partial charge in [0, 0.05) is 31.4 Å². The van der Waals surface area contributed by atoms with E-state index in [4.69, 9.17) is 23.2 Å². The van der Waals surface area contributed by atoms with E-state index < -0.39 is 17.3 Å². The van der Waals surface area contributed by atoms with Gasteiger partial charge in [0.05, 0.1) is 45.7 Å². The van der Waals surface area contributed by atoms with Crippen LogP contribution in [0.5, 0.6) is 0 Å². The number of nitrogens with zero attached hydrogens (tertiary/aromatic N) is 4. The van der Waals surface area contributed by atoms with Gasteiger partial charge >= 0.3 is 0 Å². The van der Waals surface area contributed by atoms with Gasteiger partial charge in [0.15, 0.2) is 0 Å². The van der Waals surface area contributed by atoms with Crippen molar-refractivity contribution in [2.45, 2.75) is 18.6 Å². The molecule has 2 bridgehead atoms. The Labute approximate surface area is 234 Å². The van der Waals surface area contributed by atoms with Crippen LogP contribution in [-0.2, 0) is 0 Å². The number of amides is 2. The van der Waals surface area contributed by atoms with E-state index in [1.807, 2.05) is 18.2 Å². The van der Waals surface area contributed by atoms with Crippen molar-refractivity contribution in [1.82, 2.24) is 9.88 Å². The summed E-state index contributed by atoms with van der Waals surface area (Å²) in [6, 6.07) is 12.0. The Hall–Kier alpha value is -3.20. The zero-order valence-electron chi connectivity index (χ0n) is 21.2. The van der Waals surface area contributed by atoms with Crippen molar-refractivity contribution in [1.29, 1.82) is 0 Å². The van der Waals surface area contributed by atoms with Gasteiger partial charge in [-0.2, -0.15) is 0 Å². The van der Waals surface area contributed by atoms with Crippen molar-refractivity contribution in [3.8, 4) is 11.1 Å². The number of halogens is 3. The van der Waals surface area contributed by atoms with E-state index in [9.17, 15) is 19.1 Å². The van der Waals surface area contributed by atoms with E-state index in [1.165, 1.54) is 29.3 Å². The number of rotatable bonds is 5. The summed E-state index contributed by atoms with van der Waals surface area (Å²) >= 11 is 12.8. The van der Waals surface area contributed by atoms with Crippen LogP contribution < -0.4 is 9.80 Å². The van der Waals surface area contributed by atoms with Crippen molar-refractivity contribution >= 4 is 46.4 Å². The average Bonchev–Trinajstić information content (AvgIpc) is 3.70. The summed E-state index contributed by atoms with van der Waals surface area (Å²) in [5.74, 6) is 0.640. The summed E-state index contributed by atoms with van der Waals surface area (Å²) in [5, 5.41) is 10.5. The standard InChI is InChI=1S/C29H25Cl2FN4O3/c1-29(39)12-35(13-29)27(37)20-9-15(18(31)10-33-20)14-6-7-21(22(8-14)36-11-16-23-24(16)26(23)36)34(2)28(38)25-17(30)4-3-5-19(25)32/h3-10,16,23-24,26,39H,11-13H2,1-2H3. The molecule has 2 atom stereocenters. The molecule has 39 heavy (non-hydrogen) atoms. The van der Waals surface area contributed by atoms with E-state index in [1.54, 1.807) is 24.9 Å². The number of hydrogen-bond donors (Lipinski definition) is 1. The second kappa shape index (κ2) is 8.40. The molecule has 2 saturated carbocycles. The molecule has 0 spiro atoms. The van der Waals surface area contributed by atoms with E-state index >= 15 is 0 Å². The normalized spacial score (nSPS) is 25.2. The highest BCUT2D eigenvalue weighted by atomic mass is 35.5. The number of fused-ring (bicyclic) bond motifs is 1. The molecule has 8 rings (SSSR count). The molecule has 7 nitrogen and oxygen atoms in total. The largest absolute Gasteiger partial charge is 0.386 e. The molecule has 2 aliphatic carbocycles. The van der Waals surface area contributed by atoms with Gasteiger partial charge in [0.2, 0.25) is 0 Å². The summed E-state index contributed by atoms with van der Waals surface area (Å²) in [4.78, 5) is 35.9. The van der Waals surface area contributed by atoms with Crippen molar-refractivity contribution < 1.29 is 19.1 Å². The molecule has 5 fully saturated rings. The molecule has 10 heteroatoms. The maximum absolute atomic E-state index is 14.6. The molecule has 3 aromatic rings. The Morgan fingerprint density at radius 1 is 1.13 bits per heavy atom. The number of aromatic nitrogens is 1. The lowest BCUT2D eigenvalue weighted by Crippen LogP contribution is -2.61. The van der Waals surface area contributed by atoms with Crippen LogP contribution in [0.1, 0.15) is 27.8 Å². The minimum Gasteiger partial charge on any atom is -0.386 e. The Morgan fingerprint density at radius 3 is 2.51 bits per heavy atom. The highest BCUT2D eigenvalue weighted by Gasteiger charge is 2.80. The molecule has 3 saturated heterocycles. The topological polar surface area (TPSA) is 77.0 Å². The van der Waals surface area contributed by atoms with Gasteiger partial charge in [-0.15, -0.1) is 0 Å². The van der Waals surface area contributed by atoms with Crippen molar-refractivity contribution in [3.63, 3.8) is 0 Å². The van der Waals surface area contributed by atoms with Gasteiger partial charge in [-0.1, -0.05) is 35.3 Å². The van der Waals surface area contributed by atoms with Crippen molar-refractivity contribution in [3.05, 3.63) is 75.8 Å². The zero-order chi connectivity index (χ0) is 27.4. The summed E-state index contributed by atoms with van der Waals surface area (Å²) in [6.07, 6.45) is 1.46. The van der Waals surface area contributed by atoms with Crippen LogP contribution >= 0.6 is 23.2 Å². The second-order valence-corrected chi connectivity index (χ2v) is 12.1. The highest BCUT2D eigenvalue weighted by Crippen LogP contribution is 2.76. The maximum Gasteiger partial charge on any atom is 0.272 e. The van der Waals surface area contributed by atoms with Crippen LogP contribution in [0.25, 0.3) is 11.1 Å². The van der Waals surface area contributed by atoms with Crippen LogP contribution in [0.2, 0.25) is 10.0 Å². The fourth-order valence-electron chi connectivity index (χ4n) is 6.44. The lowest BCUT2D eigenvalue weighted by atomic mass is 9.96. The first-order valence-corrected chi connectivity index (χ1v) is 13.6. The molecule has 2 unspecified atom stereocenters. The van der Waals surface area contributed by atoms with E-state index in [-0.39, 0.29) is 35.3 Å². The smallest absolute Gasteiger partial charge is 0.272 e. The van der Waals surface area contributed by atoms with Crippen LogP contribution in [0.4, 0.5) is 15.8 Å². The third-order valence-electron chi connectivity index (χ3n) is 8.57. The predicted octanol–water partition coefficient (Wildman–Crippen LogP) is 4.74. The lowest BCUT2D eigenvalue weighted by Gasteiger charge is -2.43. The molecule has 1 N–H and O–H groups in total. The first kappa shape index (κ1) is 24.8. The number of β-amino-alcohol motifs (C(OH)–C–C–N with tert-alkyl or cyclic N) is 1. The quantitative estimate of drug-likeness (QED) is 0.482. The Kier molecular flexibility index (Phi) is 5.34. The average molecular weight is 567 g/mol. The first-order valence-electron chi connectivity index (χ1n) is 12.9. The number of benzene rings is 2. The van der Waals surface area contributed by atoms with Gasteiger partial charge in [0.25, 0.3) is 11.8 Å². The van der Waals surface area contributed by atoms with Crippen molar-refractivity contribution in [2.24, 2.45) is 17.8 Å². The highest BCUT2D eigenvalue weighted by molar-refractivity contribution is 6.34. The molecule has 200 valence electrons. The zero-order valence-corrected chi connectivity index (χ0v) is 22.7. The SMILES string of the molecule is CN(C(=O)c1c(F)cccc1Cl)c1ccc(-c2cc(C(=O)N3CC(C)(O)C3)ncc2Cl)cc1N1CC2C3C2C31. The number of piperidine rings is 1. The molecule has 2 amide bonds. The van der Waals surface area contributed by atoms with Gasteiger partial charge in [-0.3, -0.25) is 9.59 Å². The van der Waals surface area contributed by atoms with Gasteiger partial charge < -0.3 is 19.8 Å². The third-order valence-corrected chi connectivity index (χ3v) is 9.19. The van der Waals surface area contributed by atoms with E-state index in [0.29, 0.717) is 40.1 Å². The van der Waals surface area contributed by atoms with Gasteiger partial charge in [-0.05, 0) is 60.6 Å². The fourth-order valence-corrected chi connectivity index (χ4v) is 6.90. The van der Waals surface area contributed by atoms with E-state index in [2.05, 4.69) is 9.88 Å². The minimum absolute atomic E-state index is 0.0578. The van der Waals surface area contributed by atoms with E-state index in [0.717, 1.165) is 17.8 Å². The number of anilines is 2. The molecule has 5 aliphatic rings. The molecular weight excluding hydrogens is 542 g/mol. The third kappa shape index (κ3) is 3.84. The number of carbonyl (C=O) groups excluding carboxylic acids is 2. The number of aliphatic hydroxyl groups is 1. The fraction of sp³-hybridized carbons (Fsp3) is 0.345. The first-order chi connectivity index (χ1) is 18.6. The summed E-state index contributed by atoms with van der Waals surface area (Å²) < 4.78 is 14.6. The van der Waals surface area contributed by atoms with Crippen LogP contribution in [0.15, 0.2) is 48.7 Å². The molecular formula is C29H25Cl2FN4O3. The summed E-state index contributed by atoms with van der Waals surface area (Å²) in [7, 11) is 1.62. The number of pyridine rings is 1. The predicted molar refractivity (Wildman–Crippen MR) is 147 cm³/mol. The summed E-state index contributed by atoms with van der Waals surface area (Å²) in [5.41, 5.74) is 2.09. The molecule has 3 aliphatic heterocycles. The number of carbonyl (C=O) groups is 2. The Bertz CT molecular complexity index is 1540. The molecule has 1 aromatic heterocycles. The minimum atomic E-state index is -0.885. The molecule has 2 aromatic carbocycles. The maximum atomic E-state index is 14.6. The Balaban J connectivity index is 1.26. The second-order valence-electron chi connectivity index (χ2n) is 11.3. The molecule has 4 heterocycles. The number of likely N-dealkylation sites (tertiary alicyclic amines) is 1. The van der Waals surface area contributed by atoms with Crippen LogP contribution in [-0.4, -0.2) is 65.1 Å². The number of hydrogen-bond acceptors (Lipinski definition) is 5. The van der Waals surface area contributed by atoms with Gasteiger partial charge in [-0.25, -0.2) is 9.37 Å². The van der Waals surface area contributed by atoms with Crippen molar-refractivity contribution in [2.75, 3.05) is 36.5 Å². The van der Waals surface area contributed by atoms with Gasteiger partial charge in [0.1, 0.15) is 11.5 Å². The Morgan fingerprint density at radius 2 is 1.87 bits per heavy atom. The lowest BCUT2D eigenvalue weighted by molar-refractivity contribution is -0.0670. The van der Waals surface area contributed by atoms with Crippen LogP contribution in [0, 0.1) is 23.6 Å². The monoisotopic (exact) mass is 566 g/mol.